The second-order valence-corrected chi connectivity index (χ2v) is 4.99. The summed E-state index contributed by atoms with van der Waals surface area (Å²) in [6.07, 6.45) is 1.52. The normalized spacial score (nSPS) is 10.6. The molecule has 0 unspecified atom stereocenters. The molecule has 0 fully saturated rings. The molecule has 20 heavy (non-hydrogen) atoms. The summed E-state index contributed by atoms with van der Waals surface area (Å²) in [5.41, 5.74) is 0.510. The summed E-state index contributed by atoms with van der Waals surface area (Å²) in [4.78, 5) is 24.2. The first-order chi connectivity index (χ1) is 9.43. The van der Waals surface area contributed by atoms with E-state index in [1.54, 1.807) is 32.2 Å². The third-order valence-corrected chi connectivity index (χ3v) is 3.31. The van der Waals surface area contributed by atoms with Gasteiger partial charge in [-0.1, -0.05) is 11.6 Å². The Morgan fingerprint density at radius 1 is 1.30 bits per heavy atom. The highest BCUT2D eigenvalue weighted by atomic mass is 35.5. The van der Waals surface area contributed by atoms with Crippen LogP contribution in [0.2, 0.25) is 5.02 Å². The van der Waals surface area contributed by atoms with E-state index in [0.29, 0.717) is 21.9 Å². The fourth-order valence-electron chi connectivity index (χ4n) is 2.07. The summed E-state index contributed by atoms with van der Waals surface area (Å²) >= 11 is 5.96. The number of aromatic nitrogens is 2. The number of rotatable bonds is 3. The first-order valence-electron chi connectivity index (χ1n) is 6.03. The highest BCUT2D eigenvalue weighted by Gasteiger charge is 2.11. The van der Waals surface area contributed by atoms with Crippen molar-refractivity contribution in [3.8, 4) is 5.75 Å². The maximum atomic E-state index is 12.1. The zero-order chi connectivity index (χ0) is 14.9. The predicted octanol–water partition coefficient (Wildman–Crippen LogP) is 1.57. The largest absolute Gasteiger partial charge is 0.496 e. The molecule has 0 aliphatic heterocycles. The van der Waals surface area contributed by atoms with E-state index in [-0.39, 0.29) is 17.8 Å². The highest BCUT2D eigenvalue weighted by Crippen LogP contribution is 2.22. The van der Waals surface area contributed by atoms with Crippen LogP contribution in [0.4, 0.5) is 0 Å². The Morgan fingerprint density at radius 3 is 2.65 bits per heavy atom. The molecular weight excluding hydrogens is 280 g/mol. The van der Waals surface area contributed by atoms with Crippen LogP contribution in [0.5, 0.6) is 5.75 Å². The second kappa shape index (κ2) is 5.54. The third-order valence-electron chi connectivity index (χ3n) is 3.07. The molecule has 106 valence electrons. The van der Waals surface area contributed by atoms with Crippen molar-refractivity contribution >= 4 is 11.6 Å². The van der Waals surface area contributed by atoms with Crippen molar-refractivity contribution < 1.29 is 4.74 Å². The third kappa shape index (κ3) is 2.63. The Morgan fingerprint density at radius 2 is 2.00 bits per heavy atom. The molecule has 0 aliphatic rings. The molecule has 0 spiro atoms. The fraction of sp³-hybridized carbons (Fsp3) is 0.286. The fourth-order valence-corrected chi connectivity index (χ4v) is 2.27. The first-order valence-corrected chi connectivity index (χ1v) is 6.41. The maximum Gasteiger partial charge on any atom is 0.331 e. The highest BCUT2D eigenvalue weighted by molar-refractivity contribution is 6.30. The zero-order valence-corrected chi connectivity index (χ0v) is 12.3. The van der Waals surface area contributed by atoms with Crippen molar-refractivity contribution in [1.82, 2.24) is 9.13 Å². The molecule has 2 aromatic rings. The van der Waals surface area contributed by atoms with Crippen LogP contribution in [0.1, 0.15) is 11.1 Å². The number of halogens is 1. The molecule has 0 aliphatic carbocycles. The summed E-state index contributed by atoms with van der Waals surface area (Å²) in [6.45, 7) is 1.80. The Labute approximate surface area is 121 Å². The van der Waals surface area contributed by atoms with Crippen LogP contribution in [0.15, 0.2) is 34.0 Å². The van der Waals surface area contributed by atoms with Crippen LogP contribution in [0.3, 0.4) is 0 Å². The average Bonchev–Trinajstić information content (AvgIpc) is 2.41. The van der Waals surface area contributed by atoms with Gasteiger partial charge in [-0.2, -0.15) is 0 Å². The molecule has 1 heterocycles. The van der Waals surface area contributed by atoms with E-state index < -0.39 is 0 Å². The predicted molar refractivity (Wildman–Crippen MR) is 77.8 cm³/mol. The van der Waals surface area contributed by atoms with Crippen molar-refractivity contribution in [3.05, 3.63) is 61.4 Å². The van der Waals surface area contributed by atoms with Crippen LogP contribution in [0, 0.1) is 6.92 Å². The minimum Gasteiger partial charge on any atom is -0.496 e. The first kappa shape index (κ1) is 14.4. The molecular formula is C14H15ClN2O3. The van der Waals surface area contributed by atoms with E-state index in [0.717, 1.165) is 0 Å². The number of hydrogen-bond donors (Lipinski definition) is 0. The minimum absolute atomic E-state index is 0.122. The lowest BCUT2D eigenvalue weighted by Gasteiger charge is -2.12. The summed E-state index contributed by atoms with van der Waals surface area (Å²) in [5, 5.41) is 0.526. The van der Waals surface area contributed by atoms with E-state index in [2.05, 4.69) is 0 Å². The van der Waals surface area contributed by atoms with Gasteiger partial charge in [-0.15, -0.1) is 0 Å². The topological polar surface area (TPSA) is 53.2 Å². The van der Waals surface area contributed by atoms with Crippen molar-refractivity contribution in [3.63, 3.8) is 0 Å². The number of benzene rings is 1. The standard InChI is InChI=1S/C14H15ClN2O3/c1-9-7-16(2)14(19)17(13(9)18)8-10-6-11(15)4-5-12(10)20-3/h4-7H,8H2,1-3H3. The van der Waals surface area contributed by atoms with Crippen LogP contribution >= 0.6 is 11.6 Å². The van der Waals surface area contributed by atoms with Crippen LogP contribution in [-0.2, 0) is 13.6 Å². The van der Waals surface area contributed by atoms with Gasteiger partial charge in [0.05, 0.1) is 13.7 Å². The summed E-state index contributed by atoms with van der Waals surface area (Å²) < 4.78 is 7.78. The molecule has 0 amide bonds. The number of methoxy groups -OCH3 is 1. The van der Waals surface area contributed by atoms with Gasteiger partial charge in [0.2, 0.25) is 0 Å². The van der Waals surface area contributed by atoms with E-state index in [9.17, 15) is 9.59 Å². The summed E-state index contributed by atoms with van der Waals surface area (Å²) in [6, 6.07) is 5.10. The van der Waals surface area contributed by atoms with Crippen LogP contribution in [0.25, 0.3) is 0 Å². The number of ether oxygens (including phenoxy) is 1. The van der Waals surface area contributed by atoms with Gasteiger partial charge in [-0.25, -0.2) is 4.79 Å². The monoisotopic (exact) mass is 294 g/mol. The van der Waals surface area contributed by atoms with Crippen molar-refractivity contribution in [2.24, 2.45) is 7.05 Å². The summed E-state index contributed by atoms with van der Waals surface area (Å²) in [5.74, 6) is 0.588. The molecule has 5 nitrogen and oxygen atoms in total. The van der Waals surface area contributed by atoms with Gasteiger partial charge >= 0.3 is 5.69 Å². The smallest absolute Gasteiger partial charge is 0.331 e. The number of aryl methyl sites for hydroxylation is 2. The van der Waals surface area contributed by atoms with Crippen LogP contribution < -0.4 is 16.0 Å². The molecule has 0 bridgehead atoms. The number of hydrogen-bond acceptors (Lipinski definition) is 3. The van der Waals surface area contributed by atoms with Gasteiger partial charge < -0.3 is 9.30 Å². The molecule has 2 rings (SSSR count). The number of nitrogens with zero attached hydrogens (tertiary/aromatic N) is 2. The molecule has 0 N–H and O–H groups in total. The quantitative estimate of drug-likeness (QED) is 0.863. The van der Waals surface area contributed by atoms with Gasteiger partial charge in [0.15, 0.2) is 0 Å². The molecule has 1 aromatic carbocycles. The van der Waals surface area contributed by atoms with Crippen molar-refractivity contribution in [1.29, 1.82) is 0 Å². The molecule has 0 saturated heterocycles. The van der Waals surface area contributed by atoms with Crippen LogP contribution in [-0.4, -0.2) is 16.2 Å². The van der Waals surface area contributed by atoms with Gasteiger partial charge in [-0.05, 0) is 25.1 Å². The molecule has 0 saturated carbocycles. The van der Waals surface area contributed by atoms with E-state index >= 15 is 0 Å². The van der Waals surface area contributed by atoms with Crippen molar-refractivity contribution in [2.45, 2.75) is 13.5 Å². The van der Waals surface area contributed by atoms with Gasteiger partial charge in [0, 0.05) is 29.4 Å². The molecule has 6 heteroatoms. The zero-order valence-electron chi connectivity index (χ0n) is 11.5. The molecule has 1 aromatic heterocycles. The van der Waals surface area contributed by atoms with E-state index in [1.807, 2.05) is 0 Å². The van der Waals surface area contributed by atoms with Gasteiger partial charge in [0.1, 0.15) is 5.75 Å². The Kier molecular flexibility index (Phi) is 3.99. The lowest BCUT2D eigenvalue weighted by atomic mass is 10.2. The Balaban J connectivity index is 2.59. The Bertz CT molecular complexity index is 728. The average molecular weight is 295 g/mol. The van der Waals surface area contributed by atoms with E-state index in [4.69, 9.17) is 16.3 Å². The lowest BCUT2D eigenvalue weighted by Crippen LogP contribution is -2.40. The Hall–Kier alpha value is -2.01. The maximum absolute atomic E-state index is 12.1. The van der Waals surface area contributed by atoms with Crippen molar-refractivity contribution in [2.75, 3.05) is 7.11 Å². The van der Waals surface area contributed by atoms with E-state index in [1.165, 1.54) is 22.4 Å². The second-order valence-electron chi connectivity index (χ2n) is 4.55. The summed E-state index contributed by atoms with van der Waals surface area (Å²) in [7, 11) is 3.14. The molecule has 0 atom stereocenters. The SMILES string of the molecule is COc1ccc(Cl)cc1Cn1c(=O)c(C)cn(C)c1=O. The minimum atomic E-state index is -0.373. The van der Waals surface area contributed by atoms with Gasteiger partial charge in [-0.3, -0.25) is 9.36 Å². The van der Waals surface area contributed by atoms with Gasteiger partial charge in [0.25, 0.3) is 5.56 Å². The molecule has 0 radical (unpaired) electrons. The lowest BCUT2D eigenvalue weighted by molar-refractivity contribution is 0.407.